The number of rotatable bonds is 5. The first-order valence-electron chi connectivity index (χ1n) is 9.40. The lowest BCUT2D eigenvalue weighted by molar-refractivity contribution is -0.384. The fourth-order valence-corrected chi connectivity index (χ4v) is 4.52. The number of halogens is 2. The van der Waals surface area contributed by atoms with Crippen LogP contribution in [0.4, 0.5) is 10.1 Å². The van der Waals surface area contributed by atoms with E-state index in [0.717, 1.165) is 27.3 Å². The van der Waals surface area contributed by atoms with Crippen LogP contribution in [0.5, 0.6) is 0 Å². The van der Waals surface area contributed by atoms with E-state index >= 15 is 0 Å². The van der Waals surface area contributed by atoms with Gasteiger partial charge in [0.2, 0.25) is 0 Å². The number of amides is 1. The van der Waals surface area contributed by atoms with Gasteiger partial charge in [0.1, 0.15) is 5.82 Å². The van der Waals surface area contributed by atoms with Gasteiger partial charge in [-0.1, -0.05) is 11.6 Å². The highest BCUT2D eigenvalue weighted by Gasteiger charge is 2.14. The first-order chi connectivity index (χ1) is 15.2. The van der Waals surface area contributed by atoms with Crippen LogP contribution in [0.2, 0.25) is 5.02 Å². The number of hydrazone groups is 1. The van der Waals surface area contributed by atoms with Gasteiger partial charge in [-0.3, -0.25) is 14.9 Å². The van der Waals surface area contributed by atoms with Gasteiger partial charge in [-0.25, -0.2) is 9.82 Å². The molecule has 0 bridgehead atoms. The Hall–Kier alpha value is -3.56. The molecule has 10 heteroatoms. The molecule has 0 saturated heterocycles. The summed E-state index contributed by atoms with van der Waals surface area (Å²) < 4.78 is 16.2. The number of benzene rings is 2. The number of aromatic nitrogens is 1. The zero-order chi connectivity index (χ0) is 23.0. The van der Waals surface area contributed by atoms with Crippen LogP contribution in [0.3, 0.4) is 0 Å². The molecule has 0 unspecified atom stereocenters. The summed E-state index contributed by atoms with van der Waals surface area (Å²) in [6.45, 7) is 3.78. The van der Waals surface area contributed by atoms with E-state index in [4.69, 9.17) is 11.6 Å². The minimum absolute atomic E-state index is 0.0296. The number of nitro groups is 1. The maximum absolute atomic E-state index is 13.5. The maximum atomic E-state index is 13.5. The van der Waals surface area contributed by atoms with Crippen LogP contribution in [-0.2, 0) is 0 Å². The number of carbonyl (C=O) groups is 1. The van der Waals surface area contributed by atoms with Crippen molar-refractivity contribution in [2.24, 2.45) is 5.10 Å². The molecule has 0 saturated carbocycles. The second-order valence-electron chi connectivity index (χ2n) is 7.05. The van der Waals surface area contributed by atoms with Crippen molar-refractivity contribution in [3.8, 4) is 5.69 Å². The Bertz CT molecular complexity index is 1410. The minimum Gasteiger partial charge on any atom is -0.318 e. The van der Waals surface area contributed by atoms with Crippen LogP contribution < -0.4 is 5.43 Å². The molecule has 4 aromatic rings. The predicted molar refractivity (Wildman–Crippen MR) is 124 cm³/mol. The van der Waals surface area contributed by atoms with Crippen LogP contribution in [0.25, 0.3) is 15.8 Å². The van der Waals surface area contributed by atoms with Crippen molar-refractivity contribution in [1.29, 1.82) is 0 Å². The highest BCUT2D eigenvalue weighted by atomic mass is 35.5. The third-order valence-electron chi connectivity index (χ3n) is 4.94. The zero-order valence-electron chi connectivity index (χ0n) is 16.9. The van der Waals surface area contributed by atoms with Gasteiger partial charge in [-0.05, 0) is 50.2 Å². The molecular weight excluding hydrogens is 455 g/mol. The molecule has 2 aromatic carbocycles. The van der Waals surface area contributed by atoms with E-state index in [1.165, 1.54) is 35.8 Å². The Balaban J connectivity index is 1.53. The summed E-state index contributed by atoms with van der Waals surface area (Å²) >= 11 is 7.14. The van der Waals surface area contributed by atoms with Gasteiger partial charge in [0.15, 0.2) is 0 Å². The number of nitrogens with one attached hydrogen (secondary N) is 1. The number of thiophene rings is 1. The van der Waals surface area contributed by atoms with Gasteiger partial charge in [0, 0.05) is 44.9 Å². The lowest BCUT2D eigenvalue weighted by Crippen LogP contribution is -2.16. The van der Waals surface area contributed by atoms with Crippen molar-refractivity contribution in [3.05, 3.63) is 91.3 Å². The molecule has 0 aliphatic rings. The van der Waals surface area contributed by atoms with Crippen LogP contribution >= 0.6 is 22.9 Å². The molecule has 0 aliphatic carbocycles. The third-order valence-corrected chi connectivity index (χ3v) is 6.34. The first kappa shape index (κ1) is 21.7. The Kier molecular flexibility index (Phi) is 5.77. The Labute approximate surface area is 190 Å². The van der Waals surface area contributed by atoms with Gasteiger partial charge >= 0.3 is 0 Å². The quantitative estimate of drug-likeness (QED) is 0.228. The van der Waals surface area contributed by atoms with Crippen LogP contribution in [0.15, 0.2) is 53.6 Å². The van der Waals surface area contributed by atoms with E-state index in [2.05, 4.69) is 10.5 Å². The maximum Gasteiger partial charge on any atom is 0.281 e. The lowest BCUT2D eigenvalue weighted by atomic mass is 10.2. The Morgan fingerprint density at radius 2 is 2.00 bits per heavy atom. The van der Waals surface area contributed by atoms with Gasteiger partial charge in [0.05, 0.1) is 21.0 Å². The summed E-state index contributed by atoms with van der Waals surface area (Å²) in [6, 6.07) is 12.4. The largest absolute Gasteiger partial charge is 0.318 e. The number of aryl methyl sites for hydroxylation is 1. The van der Waals surface area contributed by atoms with Gasteiger partial charge in [-0.15, -0.1) is 11.3 Å². The molecule has 0 fully saturated rings. The lowest BCUT2D eigenvalue weighted by Gasteiger charge is -2.10. The number of hydrogen-bond donors (Lipinski definition) is 1. The molecule has 0 atom stereocenters. The smallest absolute Gasteiger partial charge is 0.281 e. The summed E-state index contributed by atoms with van der Waals surface area (Å²) in [6.07, 6.45) is 1.53. The van der Waals surface area contributed by atoms with Crippen molar-refractivity contribution in [1.82, 2.24) is 9.99 Å². The van der Waals surface area contributed by atoms with Crippen molar-refractivity contribution in [3.63, 3.8) is 0 Å². The van der Waals surface area contributed by atoms with Gasteiger partial charge < -0.3 is 4.57 Å². The third kappa shape index (κ3) is 4.12. The SMILES string of the molecule is Cc1cc(/C=N\NC(=O)c2cc3cc([N+](=O)[O-])ccc3s2)c(C)n1-c1ccc(F)c(Cl)c1. The molecule has 4 rings (SSSR count). The van der Waals surface area contributed by atoms with Crippen molar-refractivity contribution >= 4 is 50.8 Å². The van der Waals surface area contributed by atoms with E-state index in [9.17, 15) is 19.3 Å². The van der Waals surface area contributed by atoms with E-state index in [1.54, 1.807) is 24.3 Å². The molecule has 32 heavy (non-hydrogen) atoms. The van der Waals surface area contributed by atoms with Crippen molar-refractivity contribution in [2.45, 2.75) is 13.8 Å². The van der Waals surface area contributed by atoms with Crippen molar-refractivity contribution in [2.75, 3.05) is 0 Å². The molecule has 7 nitrogen and oxygen atoms in total. The molecule has 0 aliphatic heterocycles. The topological polar surface area (TPSA) is 89.5 Å². The van der Waals surface area contributed by atoms with E-state index in [1.807, 2.05) is 24.5 Å². The van der Waals surface area contributed by atoms with E-state index < -0.39 is 16.6 Å². The number of hydrogen-bond acceptors (Lipinski definition) is 5. The van der Waals surface area contributed by atoms with Crippen LogP contribution in [-0.4, -0.2) is 21.6 Å². The van der Waals surface area contributed by atoms with Crippen LogP contribution in [0.1, 0.15) is 26.6 Å². The summed E-state index contributed by atoms with van der Waals surface area (Å²) in [5.74, 6) is -0.901. The minimum atomic E-state index is -0.488. The standard InChI is InChI=1S/C22H16ClFN4O3S/c1-12-7-15(13(2)27(12)16-3-5-19(24)18(23)10-16)11-25-26-22(29)21-9-14-8-17(28(30)31)4-6-20(14)32-21/h3-11H,1-2H3,(H,26,29)/b25-11-. The van der Waals surface area contributed by atoms with E-state index in [0.29, 0.717) is 10.3 Å². The highest BCUT2D eigenvalue weighted by Crippen LogP contribution is 2.29. The molecule has 0 spiro atoms. The van der Waals surface area contributed by atoms with Gasteiger partial charge in [0.25, 0.3) is 11.6 Å². The van der Waals surface area contributed by atoms with Gasteiger partial charge in [-0.2, -0.15) is 5.10 Å². The molecule has 162 valence electrons. The molecule has 2 aromatic heterocycles. The van der Waals surface area contributed by atoms with Crippen LogP contribution in [0, 0.1) is 29.8 Å². The zero-order valence-corrected chi connectivity index (χ0v) is 18.5. The molecule has 1 amide bonds. The number of fused-ring (bicyclic) bond motifs is 1. The summed E-state index contributed by atoms with van der Waals surface area (Å²) in [7, 11) is 0. The molecule has 2 heterocycles. The number of carbonyl (C=O) groups excluding carboxylic acids is 1. The monoisotopic (exact) mass is 470 g/mol. The van der Waals surface area contributed by atoms with Crippen molar-refractivity contribution < 1.29 is 14.1 Å². The summed E-state index contributed by atoms with van der Waals surface area (Å²) in [5.41, 5.74) is 5.68. The number of nitro benzene ring substituents is 1. The fourth-order valence-electron chi connectivity index (χ4n) is 3.41. The van der Waals surface area contributed by atoms with E-state index in [-0.39, 0.29) is 10.7 Å². The first-order valence-corrected chi connectivity index (χ1v) is 10.6. The average Bonchev–Trinajstić information content (AvgIpc) is 3.30. The normalized spacial score (nSPS) is 11.4. The molecular formula is C22H16ClFN4O3S. The fraction of sp³-hybridized carbons (Fsp3) is 0.0909. The average molecular weight is 471 g/mol. The Morgan fingerprint density at radius 1 is 1.22 bits per heavy atom. The highest BCUT2D eigenvalue weighted by molar-refractivity contribution is 7.20. The molecule has 1 N–H and O–H groups in total. The second kappa shape index (κ2) is 8.52. The number of nitrogens with zero attached hydrogens (tertiary/aromatic N) is 3. The molecule has 0 radical (unpaired) electrons. The second-order valence-corrected chi connectivity index (χ2v) is 8.54. The predicted octanol–water partition coefficient (Wildman–Crippen LogP) is 5.77. The number of non-ortho nitro benzene ring substituents is 1. The summed E-state index contributed by atoms with van der Waals surface area (Å²) in [5, 5.41) is 15.6. The Morgan fingerprint density at radius 3 is 2.72 bits per heavy atom. The summed E-state index contributed by atoms with van der Waals surface area (Å²) in [4.78, 5) is 23.3.